The van der Waals surface area contributed by atoms with Crippen LogP contribution in [0, 0.1) is 23.2 Å². The number of rotatable bonds is 1. The zero-order valence-corrected chi connectivity index (χ0v) is 14.1. The summed E-state index contributed by atoms with van der Waals surface area (Å²) in [6.07, 6.45) is 2.45. The number of nitrogens with zero attached hydrogens (tertiary/aromatic N) is 1. The molecule has 1 aromatic carbocycles. The first-order valence-corrected chi connectivity index (χ1v) is 9.02. The molecule has 4 fully saturated rings. The van der Waals surface area contributed by atoms with Crippen molar-refractivity contribution >= 4 is 17.5 Å². The molecule has 0 aromatic heterocycles. The molecule has 5 nitrogen and oxygen atoms in total. The first-order valence-electron chi connectivity index (χ1n) is 9.02. The summed E-state index contributed by atoms with van der Waals surface area (Å²) in [5.74, 6) is 0.560. The maximum absolute atomic E-state index is 13.4. The number of likely N-dealkylation sites (tertiary alicyclic amines) is 1. The Hall–Kier alpha value is -2.14. The van der Waals surface area contributed by atoms with E-state index in [2.05, 4.69) is 11.9 Å². The molecule has 1 aromatic rings. The summed E-state index contributed by atoms with van der Waals surface area (Å²) in [7, 11) is 1.88. The van der Waals surface area contributed by atoms with E-state index in [-0.39, 0.29) is 35.8 Å². The molecule has 2 amide bonds. The number of nitrogens with one attached hydrogen (secondary N) is 1. The lowest BCUT2D eigenvalue weighted by atomic mass is 9.51. The van der Waals surface area contributed by atoms with Gasteiger partial charge in [0.05, 0.1) is 18.1 Å². The molecule has 3 aliphatic heterocycles. The first-order chi connectivity index (χ1) is 12.1. The summed E-state index contributed by atoms with van der Waals surface area (Å²) in [4.78, 5) is 28.5. The minimum atomic E-state index is -0.794. The number of para-hydroxylation sites is 1. The molecule has 1 spiro atoms. The van der Waals surface area contributed by atoms with Crippen molar-refractivity contribution in [2.75, 3.05) is 19.0 Å². The fraction of sp³-hybridized carbons (Fsp3) is 0.500. The Kier molecular flexibility index (Phi) is 2.24. The van der Waals surface area contributed by atoms with Crippen molar-refractivity contribution in [3.8, 4) is 0 Å². The van der Waals surface area contributed by atoms with Crippen molar-refractivity contribution in [2.45, 2.75) is 24.0 Å². The third kappa shape index (κ3) is 1.14. The zero-order chi connectivity index (χ0) is 17.1. The van der Waals surface area contributed by atoms with E-state index in [0.717, 1.165) is 17.7 Å². The highest BCUT2D eigenvalue weighted by Gasteiger charge is 2.82. The Balaban J connectivity index is 1.71. The van der Waals surface area contributed by atoms with Crippen LogP contribution in [0.3, 0.4) is 0 Å². The first kappa shape index (κ1) is 14.1. The van der Waals surface area contributed by atoms with Gasteiger partial charge in [0.25, 0.3) is 0 Å². The van der Waals surface area contributed by atoms with Crippen LogP contribution in [0.5, 0.6) is 0 Å². The monoisotopic (exact) mass is 336 g/mol. The highest BCUT2D eigenvalue weighted by molar-refractivity contribution is 6.09. The predicted molar refractivity (Wildman–Crippen MR) is 90.8 cm³/mol. The molecule has 25 heavy (non-hydrogen) atoms. The van der Waals surface area contributed by atoms with Gasteiger partial charge in [-0.15, -0.1) is 6.58 Å². The van der Waals surface area contributed by atoms with Crippen molar-refractivity contribution in [3.63, 3.8) is 0 Å². The fourth-order valence-corrected chi connectivity index (χ4v) is 7.17. The van der Waals surface area contributed by atoms with Crippen LogP contribution in [0.4, 0.5) is 5.69 Å². The second-order valence-corrected chi connectivity index (χ2v) is 8.22. The average molecular weight is 336 g/mol. The van der Waals surface area contributed by atoms with Crippen LogP contribution in [-0.2, 0) is 19.7 Å². The molecule has 5 heteroatoms. The molecule has 0 unspecified atom stereocenters. The third-order valence-electron chi connectivity index (χ3n) is 7.85. The highest BCUT2D eigenvalue weighted by atomic mass is 16.5. The second kappa shape index (κ2) is 3.98. The molecule has 0 radical (unpaired) electrons. The van der Waals surface area contributed by atoms with Crippen molar-refractivity contribution in [1.82, 2.24) is 4.90 Å². The van der Waals surface area contributed by atoms with E-state index in [1.54, 1.807) is 0 Å². The fourth-order valence-electron chi connectivity index (χ4n) is 7.17. The van der Waals surface area contributed by atoms with E-state index in [1.165, 1.54) is 0 Å². The van der Waals surface area contributed by atoms with Crippen LogP contribution < -0.4 is 5.32 Å². The molecule has 2 saturated carbocycles. The normalized spacial score (nSPS) is 48.2. The summed E-state index contributed by atoms with van der Waals surface area (Å²) in [6.45, 7) is 4.70. The predicted octanol–water partition coefficient (Wildman–Crippen LogP) is 1.55. The molecule has 6 rings (SSSR count). The van der Waals surface area contributed by atoms with Crippen LogP contribution in [0.25, 0.3) is 0 Å². The molecule has 1 N–H and O–H groups in total. The topological polar surface area (TPSA) is 58.6 Å². The number of piperidine rings is 1. The smallest absolute Gasteiger partial charge is 0.238 e. The number of fused-ring (bicyclic) bond motifs is 5. The Morgan fingerprint density at radius 3 is 2.96 bits per heavy atom. The number of hydrogen-bond donors (Lipinski definition) is 1. The summed E-state index contributed by atoms with van der Waals surface area (Å²) < 4.78 is 6.26. The van der Waals surface area contributed by atoms with E-state index in [4.69, 9.17) is 4.74 Å². The lowest BCUT2D eigenvalue weighted by Gasteiger charge is -2.53. The van der Waals surface area contributed by atoms with Crippen LogP contribution in [0.1, 0.15) is 12.0 Å². The van der Waals surface area contributed by atoms with Gasteiger partial charge in [-0.2, -0.15) is 0 Å². The molecule has 7 atom stereocenters. The Labute approximate surface area is 146 Å². The van der Waals surface area contributed by atoms with Crippen LogP contribution >= 0.6 is 0 Å². The summed E-state index contributed by atoms with van der Waals surface area (Å²) in [6, 6.07) is 7.93. The quantitative estimate of drug-likeness (QED) is 0.792. The molecule has 5 bridgehead atoms. The Morgan fingerprint density at radius 2 is 2.16 bits per heavy atom. The number of carbonyl (C=O) groups is 2. The lowest BCUT2D eigenvalue weighted by Crippen LogP contribution is -2.63. The van der Waals surface area contributed by atoms with Crippen LogP contribution in [0.15, 0.2) is 36.9 Å². The number of ether oxygens (including phenoxy) is 1. The van der Waals surface area contributed by atoms with E-state index >= 15 is 0 Å². The lowest BCUT2D eigenvalue weighted by molar-refractivity contribution is -0.167. The van der Waals surface area contributed by atoms with Crippen molar-refractivity contribution in [1.29, 1.82) is 0 Å². The number of benzene rings is 1. The average Bonchev–Trinajstić information content (AvgIpc) is 3.08. The van der Waals surface area contributed by atoms with Gasteiger partial charge in [0.15, 0.2) is 0 Å². The van der Waals surface area contributed by atoms with Crippen molar-refractivity contribution in [2.24, 2.45) is 23.2 Å². The minimum Gasteiger partial charge on any atom is -0.376 e. The summed E-state index contributed by atoms with van der Waals surface area (Å²) >= 11 is 0. The van der Waals surface area contributed by atoms with Crippen molar-refractivity contribution < 1.29 is 14.3 Å². The van der Waals surface area contributed by atoms with E-state index in [1.807, 2.05) is 42.3 Å². The molecule has 3 heterocycles. The van der Waals surface area contributed by atoms with Gasteiger partial charge in [0.1, 0.15) is 5.41 Å². The largest absolute Gasteiger partial charge is 0.376 e. The second-order valence-electron chi connectivity index (χ2n) is 8.22. The van der Waals surface area contributed by atoms with Crippen molar-refractivity contribution in [3.05, 3.63) is 42.5 Å². The Bertz CT molecular complexity index is 866. The standard InChI is InChI=1S/C20H20N2O3/c1-3-19-12-8-14-20(11-6-4-5-7-13(11)21-17(20)23)16(19)15(10(12)9-25-14)22(2)18(19)24/h3-7,10,12,14-16H,1,8-9H2,2H3,(H,21,23)/t10-,12+,14-,15+,16-,19-,20-/m1/s1. The van der Waals surface area contributed by atoms with Gasteiger partial charge < -0.3 is 15.0 Å². The molecule has 5 aliphatic rings. The van der Waals surface area contributed by atoms with Gasteiger partial charge in [0, 0.05) is 30.6 Å². The molecular formula is C20H20N2O3. The summed E-state index contributed by atoms with van der Waals surface area (Å²) in [5.41, 5.74) is 0.422. The van der Waals surface area contributed by atoms with Gasteiger partial charge in [-0.3, -0.25) is 9.59 Å². The van der Waals surface area contributed by atoms with E-state index in [0.29, 0.717) is 12.5 Å². The molecule has 2 aliphatic carbocycles. The molecule has 2 saturated heterocycles. The number of hydrogen-bond acceptors (Lipinski definition) is 3. The van der Waals surface area contributed by atoms with Gasteiger partial charge in [0.2, 0.25) is 11.8 Å². The highest BCUT2D eigenvalue weighted by Crippen LogP contribution is 2.73. The van der Waals surface area contributed by atoms with Gasteiger partial charge >= 0.3 is 0 Å². The maximum Gasteiger partial charge on any atom is 0.238 e. The summed E-state index contributed by atoms with van der Waals surface area (Å²) in [5, 5.41) is 3.08. The van der Waals surface area contributed by atoms with Crippen LogP contribution in [0.2, 0.25) is 0 Å². The van der Waals surface area contributed by atoms with E-state index in [9.17, 15) is 9.59 Å². The third-order valence-corrected chi connectivity index (χ3v) is 7.85. The van der Waals surface area contributed by atoms with Gasteiger partial charge in [-0.1, -0.05) is 24.3 Å². The zero-order valence-electron chi connectivity index (χ0n) is 14.1. The molecule has 128 valence electrons. The van der Waals surface area contributed by atoms with Gasteiger partial charge in [-0.25, -0.2) is 0 Å². The number of carbonyl (C=O) groups excluding carboxylic acids is 2. The van der Waals surface area contributed by atoms with Gasteiger partial charge in [-0.05, 0) is 24.0 Å². The van der Waals surface area contributed by atoms with Crippen LogP contribution in [-0.4, -0.2) is 42.5 Å². The SMILES string of the molecule is C=C[C@@]12C(=O)N(C)[C@H]3[C@@H]4CO[C@H](C[C@@H]41)[C@@]1(C(=O)Nc4ccccc41)[C@H]32. The maximum atomic E-state index is 13.4. The number of amides is 2. The Morgan fingerprint density at radius 1 is 1.36 bits per heavy atom. The number of anilines is 1. The minimum absolute atomic E-state index is 0.0102. The van der Waals surface area contributed by atoms with E-state index < -0.39 is 10.8 Å². The molecular weight excluding hydrogens is 316 g/mol.